The summed E-state index contributed by atoms with van der Waals surface area (Å²) < 4.78 is 0. The highest BCUT2D eigenvalue weighted by molar-refractivity contribution is 6.30. The zero-order valence-corrected chi connectivity index (χ0v) is 12.8. The first kappa shape index (κ1) is 14.7. The lowest BCUT2D eigenvalue weighted by atomic mass is 10.0. The SMILES string of the molecule is CCCC1CCN(c2cc(Cl)ccc2CC(C)N)C1. The summed E-state index contributed by atoms with van der Waals surface area (Å²) >= 11 is 6.17. The third kappa shape index (κ3) is 3.87. The maximum atomic E-state index is 6.17. The molecule has 0 spiro atoms. The molecule has 1 aliphatic heterocycles. The zero-order chi connectivity index (χ0) is 13.8. The average Bonchev–Trinajstić information content (AvgIpc) is 2.80. The molecule has 2 rings (SSSR count). The molecule has 1 fully saturated rings. The number of anilines is 1. The molecule has 3 heteroatoms. The standard InChI is InChI=1S/C16H25ClN2/c1-3-4-13-7-8-19(11-13)16-10-15(17)6-5-14(16)9-12(2)18/h5-6,10,12-13H,3-4,7-9,11,18H2,1-2H3. The number of rotatable bonds is 5. The van der Waals surface area contributed by atoms with Gasteiger partial charge >= 0.3 is 0 Å². The van der Waals surface area contributed by atoms with Crippen LogP contribution in [0.15, 0.2) is 18.2 Å². The zero-order valence-electron chi connectivity index (χ0n) is 12.0. The number of nitrogens with zero attached hydrogens (tertiary/aromatic N) is 1. The summed E-state index contributed by atoms with van der Waals surface area (Å²) in [5.74, 6) is 0.840. The van der Waals surface area contributed by atoms with Crippen LogP contribution in [0.1, 0.15) is 38.7 Å². The van der Waals surface area contributed by atoms with Crippen molar-refractivity contribution < 1.29 is 0 Å². The number of benzene rings is 1. The Kier molecular flexibility index (Phi) is 5.12. The van der Waals surface area contributed by atoms with Crippen LogP contribution in [-0.2, 0) is 6.42 Å². The van der Waals surface area contributed by atoms with Crippen LogP contribution >= 0.6 is 11.6 Å². The van der Waals surface area contributed by atoms with E-state index in [9.17, 15) is 0 Å². The first-order valence-electron chi connectivity index (χ1n) is 7.39. The molecule has 2 atom stereocenters. The van der Waals surface area contributed by atoms with Gasteiger partial charge in [0.2, 0.25) is 0 Å². The van der Waals surface area contributed by atoms with Crippen molar-refractivity contribution in [1.29, 1.82) is 0 Å². The fourth-order valence-corrected chi connectivity index (χ4v) is 3.21. The van der Waals surface area contributed by atoms with Crippen molar-refractivity contribution in [2.75, 3.05) is 18.0 Å². The molecule has 1 heterocycles. The second-order valence-corrected chi connectivity index (χ2v) is 6.28. The molecule has 1 saturated heterocycles. The normalized spacial score (nSPS) is 20.8. The van der Waals surface area contributed by atoms with Crippen LogP contribution in [0.25, 0.3) is 0 Å². The van der Waals surface area contributed by atoms with Gasteiger partial charge in [0.1, 0.15) is 0 Å². The van der Waals surface area contributed by atoms with E-state index in [0.29, 0.717) is 0 Å². The molecule has 0 bridgehead atoms. The lowest BCUT2D eigenvalue weighted by molar-refractivity contribution is 0.529. The van der Waals surface area contributed by atoms with E-state index in [-0.39, 0.29) is 6.04 Å². The molecule has 0 amide bonds. The van der Waals surface area contributed by atoms with Gasteiger partial charge in [-0.3, -0.25) is 0 Å². The Morgan fingerprint density at radius 1 is 1.47 bits per heavy atom. The third-order valence-electron chi connectivity index (χ3n) is 3.91. The summed E-state index contributed by atoms with van der Waals surface area (Å²) in [6.45, 7) is 6.64. The molecular weight excluding hydrogens is 256 g/mol. The highest BCUT2D eigenvalue weighted by Gasteiger charge is 2.23. The Labute approximate surface area is 121 Å². The Hall–Kier alpha value is -0.730. The van der Waals surface area contributed by atoms with Crippen molar-refractivity contribution in [3.8, 4) is 0 Å². The quantitative estimate of drug-likeness (QED) is 0.887. The van der Waals surface area contributed by atoms with Crippen molar-refractivity contribution in [3.63, 3.8) is 0 Å². The van der Waals surface area contributed by atoms with Crippen LogP contribution in [0.4, 0.5) is 5.69 Å². The molecule has 0 radical (unpaired) electrons. The molecule has 106 valence electrons. The topological polar surface area (TPSA) is 29.3 Å². The fourth-order valence-electron chi connectivity index (χ4n) is 3.05. The highest BCUT2D eigenvalue weighted by Crippen LogP contribution is 2.31. The second kappa shape index (κ2) is 6.62. The summed E-state index contributed by atoms with van der Waals surface area (Å²) in [7, 11) is 0. The minimum absolute atomic E-state index is 0.189. The molecule has 2 N–H and O–H groups in total. The van der Waals surface area contributed by atoms with Crippen LogP contribution in [0.3, 0.4) is 0 Å². The van der Waals surface area contributed by atoms with Crippen LogP contribution < -0.4 is 10.6 Å². The number of hydrogen-bond donors (Lipinski definition) is 1. The molecular formula is C16H25ClN2. The summed E-state index contributed by atoms with van der Waals surface area (Å²) in [6, 6.07) is 6.40. The van der Waals surface area contributed by atoms with Gasteiger partial charge < -0.3 is 10.6 Å². The van der Waals surface area contributed by atoms with Crippen molar-refractivity contribution in [2.24, 2.45) is 11.7 Å². The van der Waals surface area contributed by atoms with E-state index in [4.69, 9.17) is 17.3 Å². The maximum absolute atomic E-state index is 6.17. The minimum Gasteiger partial charge on any atom is -0.371 e. The predicted molar refractivity (Wildman–Crippen MR) is 84.0 cm³/mol. The fraction of sp³-hybridized carbons (Fsp3) is 0.625. The van der Waals surface area contributed by atoms with Crippen LogP contribution in [0, 0.1) is 5.92 Å². The van der Waals surface area contributed by atoms with E-state index < -0.39 is 0 Å². The lowest BCUT2D eigenvalue weighted by Crippen LogP contribution is -2.24. The molecule has 1 aromatic carbocycles. The Morgan fingerprint density at radius 2 is 2.26 bits per heavy atom. The smallest absolute Gasteiger partial charge is 0.0426 e. The van der Waals surface area contributed by atoms with Gasteiger partial charge in [-0.05, 0) is 49.8 Å². The molecule has 0 aromatic heterocycles. The van der Waals surface area contributed by atoms with Gasteiger partial charge in [-0.2, -0.15) is 0 Å². The molecule has 2 nitrogen and oxygen atoms in total. The van der Waals surface area contributed by atoms with Gasteiger partial charge in [0.15, 0.2) is 0 Å². The van der Waals surface area contributed by atoms with Gasteiger partial charge in [0.05, 0.1) is 0 Å². The Bertz CT molecular complexity index is 417. The Morgan fingerprint density at radius 3 is 2.95 bits per heavy atom. The van der Waals surface area contributed by atoms with E-state index in [1.807, 2.05) is 6.07 Å². The first-order valence-corrected chi connectivity index (χ1v) is 7.77. The molecule has 19 heavy (non-hydrogen) atoms. The van der Waals surface area contributed by atoms with E-state index in [1.165, 1.54) is 37.1 Å². The van der Waals surface area contributed by atoms with Gasteiger partial charge in [-0.15, -0.1) is 0 Å². The summed E-state index contributed by atoms with van der Waals surface area (Å²) in [5, 5.41) is 0.822. The average molecular weight is 281 g/mol. The molecule has 1 aliphatic rings. The van der Waals surface area contributed by atoms with E-state index in [2.05, 4.69) is 30.9 Å². The van der Waals surface area contributed by atoms with Gasteiger partial charge in [-0.1, -0.05) is 31.0 Å². The summed E-state index contributed by atoms with van der Waals surface area (Å²) in [5.41, 5.74) is 8.58. The Balaban J connectivity index is 2.16. The number of hydrogen-bond acceptors (Lipinski definition) is 2. The summed E-state index contributed by atoms with van der Waals surface area (Å²) in [4.78, 5) is 2.49. The largest absolute Gasteiger partial charge is 0.371 e. The number of halogens is 1. The van der Waals surface area contributed by atoms with Crippen LogP contribution in [0.5, 0.6) is 0 Å². The van der Waals surface area contributed by atoms with Gasteiger partial charge in [0, 0.05) is 29.8 Å². The van der Waals surface area contributed by atoms with Gasteiger partial charge in [0.25, 0.3) is 0 Å². The van der Waals surface area contributed by atoms with Crippen molar-refractivity contribution in [2.45, 2.75) is 45.6 Å². The van der Waals surface area contributed by atoms with E-state index >= 15 is 0 Å². The molecule has 0 aliphatic carbocycles. The third-order valence-corrected chi connectivity index (χ3v) is 4.15. The first-order chi connectivity index (χ1) is 9.10. The van der Waals surface area contributed by atoms with Crippen LogP contribution in [-0.4, -0.2) is 19.1 Å². The van der Waals surface area contributed by atoms with Crippen molar-refractivity contribution in [1.82, 2.24) is 0 Å². The summed E-state index contributed by atoms with van der Waals surface area (Å²) in [6.07, 6.45) is 4.83. The number of nitrogens with two attached hydrogens (primary N) is 1. The van der Waals surface area contributed by atoms with Crippen LogP contribution in [0.2, 0.25) is 5.02 Å². The minimum atomic E-state index is 0.189. The molecule has 2 unspecified atom stereocenters. The highest BCUT2D eigenvalue weighted by atomic mass is 35.5. The monoisotopic (exact) mass is 280 g/mol. The second-order valence-electron chi connectivity index (χ2n) is 5.84. The van der Waals surface area contributed by atoms with E-state index in [1.54, 1.807) is 0 Å². The maximum Gasteiger partial charge on any atom is 0.0426 e. The molecule has 0 saturated carbocycles. The van der Waals surface area contributed by atoms with Gasteiger partial charge in [-0.25, -0.2) is 0 Å². The van der Waals surface area contributed by atoms with Crippen molar-refractivity contribution in [3.05, 3.63) is 28.8 Å². The predicted octanol–water partition coefficient (Wildman–Crippen LogP) is 3.86. The van der Waals surface area contributed by atoms with Crippen molar-refractivity contribution >= 4 is 17.3 Å². The van der Waals surface area contributed by atoms with E-state index in [0.717, 1.165) is 23.9 Å². The molecule has 1 aromatic rings. The lowest BCUT2D eigenvalue weighted by Gasteiger charge is -2.23.